The zero-order valence-corrected chi connectivity index (χ0v) is 12.3. The maximum Gasteiger partial charge on any atom is 0.196 e. The van der Waals surface area contributed by atoms with Gasteiger partial charge < -0.3 is 9.15 Å². The van der Waals surface area contributed by atoms with Crippen molar-refractivity contribution in [1.29, 1.82) is 0 Å². The monoisotopic (exact) mass is 302 g/mol. The van der Waals surface area contributed by atoms with E-state index in [4.69, 9.17) is 9.15 Å². The molecule has 0 radical (unpaired) electrons. The van der Waals surface area contributed by atoms with Crippen LogP contribution < -0.4 is 4.74 Å². The molecule has 3 heteroatoms. The standard InChI is InChI=1S/C20H14O3/c21-19-16-10-4-5-11-18(16)23-20(14-7-2-1-3-8-14)17(19)13-15-9-6-12-22-15/h1-13,20H/b17-13-. The second-order valence-corrected chi connectivity index (χ2v) is 5.35. The first-order valence-electron chi connectivity index (χ1n) is 7.43. The van der Waals surface area contributed by atoms with E-state index in [1.807, 2.05) is 54.6 Å². The van der Waals surface area contributed by atoms with Gasteiger partial charge in [-0.1, -0.05) is 42.5 Å². The van der Waals surface area contributed by atoms with E-state index in [0.29, 0.717) is 22.6 Å². The minimum atomic E-state index is -0.441. The van der Waals surface area contributed by atoms with E-state index in [0.717, 1.165) is 5.56 Å². The number of furan rings is 1. The Balaban J connectivity index is 1.87. The van der Waals surface area contributed by atoms with E-state index in [-0.39, 0.29) is 5.78 Å². The first kappa shape index (κ1) is 13.6. The molecule has 0 N–H and O–H groups in total. The molecule has 0 saturated carbocycles. The van der Waals surface area contributed by atoms with Crippen LogP contribution in [0.25, 0.3) is 6.08 Å². The number of rotatable bonds is 2. The van der Waals surface area contributed by atoms with Gasteiger partial charge in [-0.25, -0.2) is 0 Å². The summed E-state index contributed by atoms with van der Waals surface area (Å²) >= 11 is 0. The average molecular weight is 302 g/mol. The first-order chi connectivity index (χ1) is 11.3. The number of hydrogen-bond donors (Lipinski definition) is 0. The molecule has 1 aliphatic heterocycles. The second-order valence-electron chi connectivity index (χ2n) is 5.35. The van der Waals surface area contributed by atoms with E-state index in [2.05, 4.69) is 0 Å². The predicted molar refractivity (Wildman–Crippen MR) is 87.3 cm³/mol. The van der Waals surface area contributed by atoms with Gasteiger partial charge in [-0.2, -0.15) is 0 Å². The number of Topliss-reactive ketones (excluding diaryl/α,β-unsaturated/α-hetero) is 1. The van der Waals surface area contributed by atoms with E-state index in [1.165, 1.54) is 0 Å². The van der Waals surface area contributed by atoms with Crippen LogP contribution in [0.5, 0.6) is 5.75 Å². The molecule has 2 aromatic carbocycles. The first-order valence-corrected chi connectivity index (χ1v) is 7.43. The normalized spacial score (nSPS) is 18.5. The zero-order valence-electron chi connectivity index (χ0n) is 12.3. The summed E-state index contributed by atoms with van der Waals surface area (Å²) in [5.74, 6) is 1.22. The molecule has 1 aliphatic rings. The number of benzene rings is 2. The quantitative estimate of drug-likeness (QED) is 0.645. The molecule has 1 aromatic heterocycles. The van der Waals surface area contributed by atoms with Gasteiger partial charge >= 0.3 is 0 Å². The van der Waals surface area contributed by atoms with Gasteiger partial charge in [-0.05, 0) is 35.9 Å². The van der Waals surface area contributed by atoms with Crippen molar-refractivity contribution in [3.63, 3.8) is 0 Å². The van der Waals surface area contributed by atoms with Crippen molar-refractivity contribution >= 4 is 11.9 Å². The van der Waals surface area contributed by atoms with Gasteiger partial charge in [-0.15, -0.1) is 0 Å². The highest BCUT2D eigenvalue weighted by molar-refractivity contribution is 6.14. The van der Waals surface area contributed by atoms with Crippen molar-refractivity contribution in [1.82, 2.24) is 0 Å². The van der Waals surface area contributed by atoms with Crippen LogP contribution >= 0.6 is 0 Å². The molecule has 1 unspecified atom stereocenters. The predicted octanol–water partition coefficient (Wildman–Crippen LogP) is 4.68. The fourth-order valence-electron chi connectivity index (χ4n) is 2.77. The van der Waals surface area contributed by atoms with Crippen LogP contribution in [0.3, 0.4) is 0 Å². The molecule has 4 rings (SSSR count). The fourth-order valence-corrected chi connectivity index (χ4v) is 2.77. The highest BCUT2D eigenvalue weighted by Gasteiger charge is 2.32. The maximum atomic E-state index is 12.9. The molecule has 0 aliphatic carbocycles. The topological polar surface area (TPSA) is 39.4 Å². The molecule has 2 heterocycles. The Bertz CT molecular complexity index is 861. The molecule has 0 amide bonds. The summed E-state index contributed by atoms with van der Waals surface area (Å²) < 4.78 is 11.5. The van der Waals surface area contributed by atoms with Crippen LogP contribution in [0.2, 0.25) is 0 Å². The summed E-state index contributed by atoms with van der Waals surface area (Å²) in [6.07, 6.45) is 2.91. The number of carbonyl (C=O) groups is 1. The zero-order chi connectivity index (χ0) is 15.6. The third kappa shape index (κ3) is 2.46. The third-order valence-electron chi connectivity index (χ3n) is 3.86. The Morgan fingerprint density at radius 2 is 1.65 bits per heavy atom. The lowest BCUT2D eigenvalue weighted by Gasteiger charge is -2.28. The van der Waals surface area contributed by atoms with Crippen LogP contribution in [-0.4, -0.2) is 5.78 Å². The van der Waals surface area contributed by atoms with Crippen molar-refractivity contribution in [2.24, 2.45) is 0 Å². The molecule has 0 spiro atoms. The van der Waals surface area contributed by atoms with Gasteiger partial charge in [-0.3, -0.25) is 4.79 Å². The molecule has 0 bridgehead atoms. The van der Waals surface area contributed by atoms with Crippen LogP contribution in [0, 0.1) is 0 Å². The van der Waals surface area contributed by atoms with Crippen molar-refractivity contribution in [2.75, 3.05) is 0 Å². The molecular weight excluding hydrogens is 288 g/mol. The molecular formula is C20H14O3. The van der Waals surface area contributed by atoms with Crippen LogP contribution in [0.4, 0.5) is 0 Å². The Morgan fingerprint density at radius 1 is 0.870 bits per heavy atom. The molecule has 112 valence electrons. The minimum absolute atomic E-state index is 0.0305. The molecule has 23 heavy (non-hydrogen) atoms. The van der Waals surface area contributed by atoms with Gasteiger partial charge in [0.15, 0.2) is 11.9 Å². The van der Waals surface area contributed by atoms with E-state index < -0.39 is 6.10 Å². The summed E-state index contributed by atoms with van der Waals surface area (Å²) in [7, 11) is 0. The fraction of sp³-hybridized carbons (Fsp3) is 0.0500. The summed E-state index contributed by atoms with van der Waals surface area (Å²) in [4.78, 5) is 12.9. The van der Waals surface area contributed by atoms with E-state index in [9.17, 15) is 4.79 Å². The van der Waals surface area contributed by atoms with Crippen molar-refractivity contribution in [3.05, 3.63) is 95.5 Å². The summed E-state index contributed by atoms with van der Waals surface area (Å²) in [5, 5.41) is 0. The minimum Gasteiger partial charge on any atom is -0.480 e. The van der Waals surface area contributed by atoms with Gasteiger partial charge in [0.05, 0.1) is 11.8 Å². The van der Waals surface area contributed by atoms with Gasteiger partial charge in [0.1, 0.15) is 11.5 Å². The Kier molecular flexibility index (Phi) is 3.31. The Labute approximate surface area is 133 Å². The molecule has 0 saturated heterocycles. The number of ketones is 1. The average Bonchev–Trinajstić information content (AvgIpc) is 3.11. The number of hydrogen-bond acceptors (Lipinski definition) is 3. The third-order valence-corrected chi connectivity index (χ3v) is 3.86. The number of carbonyl (C=O) groups excluding carboxylic acids is 1. The van der Waals surface area contributed by atoms with Crippen molar-refractivity contribution in [2.45, 2.75) is 6.10 Å². The summed E-state index contributed by atoms with van der Waals surface area (Å²) in [6.45, 7) is 0. The highest BCUT2D eigenvalue weighted by atomic mass is 16.5. The van der Waals surface area contributed by atoms with Crippen molar-refractivity contribution in [3.8, 4) is 5.75 Å². The number of ether oxygens (including phenoxy) is 1. The Morgan fingerprint density at radius 3 is 2.43 bits per heavy atom. The molecule has 1 atom stereocenters. The van der Waals surface area contributed by atoms with Gasteiger partial charge in [0, 0.05) is 5.57 Å². The number of para-hydroxylation sites is 1. The largest absolute Gasteiger partial charge is 0.480 e. The van der Waals surface area contributed by atoms with Gasteiger partial charge in [0.25, 0.3) is 0 Å². The van der Waals surface area contributed by atoms with Crippen LogP contribution in [0.15, 0.2) is 83.0 Å². The lowest BCUT2D eigenvalue weighted by Crippen LogP contribution is -2.23. The lowest BCUT2D eigenvalue weighted by atomic mass is 9.90. The second kappa shape index (κ2) is 5.61. The van der Waals surface area contributed by atoms with E-state index >= 15 is 0 Å². The van der Waals surface area contributed by atoms with Crippen LogP contribution in [-0.2, 0) is 0 Å². The maximum absolute atomic E-state index is 12.9. The lowest BCUT2D eigenvalue weighted by molar-refractivity contribution is 0.0963. The smallest absolute Gasteiger partial charge is 0.196 e. The molecule has 3 nitrogen and oxygen atoms in total. The molecule has 3 aromatic rings. The molecule has 0 fully saturated rings. The highest BCUT2D eigenvalue weighted by Crippen LogP contribution is 2.39. The van der Waals surface area contributed by atoms with Crippen LogP contribution in [0.1, 0.15) is 27.8 Å². The van der Waals surface area contributed by atoms with Gasteiger partial charge in [0.2, 0.25) is 0 Å². The summed E-state index contributed by atoms with van der Waals surface area (Å²) in [5.41, 5.74) is 2.09. The van der Waals surface area contributed by atoms with E-state index in [1.54, 1.807) is 24.5 Å². The summed E-state index contributed by atoms with van der Waals surface area (Å²) in [6, 6.07) is 20.7. The SMILES string of the molecule is O=C1/C(=C/c2ccco2)C(c2ccccc2)Oc2ccccc21. The Hall–Kier alpha value is -3.07. The number of fused-ring (bicyclic) bond motifs is 1. The van der Waals surface area contributed by atoms with Crippen molar-refractivity contribution < 1.29 is 13.9 Å².